The summed E-state index contributed by atoms with van der Waals surface area (Å²) in [5.74, 6) is 1.71. The third-order valence-corrected chi connectivity index (χ3v) is 3.84. The monoisotopic (exact) mass is 375 g/mol. The molecule has 0 spiro atoms. The minimum Gasteiger partial charge on any atom is -0.340 e. The van der Waals surface area contributed by atoms with E-state index in [0.717, 1.165) is 11.5 Å². The maximum absolute atomic E-state index is 12.1. The molecule has 4 rings (SSSR count). The second kappa shape index (κ2) is 7.27. The van der Waals surface area contributed by atoms with Crippen molar-refractivity contribution >= 4 is 23.1 Å². The average molecular weight is 375 g/mol. The van der Waals surface area contributed by atoms with Crippen molar-refractivity contribution in [2.45, 2.75) is 6.92 Å². The number of carbonyl (C=O) groups excluding carboxylic acids is 1. The number of imidazole rings is 1. The molecule has 1 amide bonds. The number of aryl methyl sites for hydroxylation is 2. The molecule has 0 bridgehead atoms. The highest BCUT2D eigenvalue weighted by atomic mass is 16.2. The van der Waals surface area contributed by atoms with Crippen molar-refractivity contribution in [2.24, 2.45) is 7.05 Å². The van der Waals surface area contributed by atoms with Crippen LogP contribution in [-0.2, 0) is 7.05 Å². The summed E-state index contributed by atoms with van der Waals surface area (Å²) in [6, 6.07) is 9.11. The average Bonchev–Trinajstić information content (AvgIpc) is 3.35. The van der Waals surface area contributed by atoms with Gasteiger partial charge < -0.3 is 10.6 Å². The molecule has 0 aliphatic heterocycles. The Morgan fingerprint density at radius 2 is 1.89 bits per heavy atom. The Morgan fingerprint density at radius 3 is 2.57 bits per heavy atom. The number of rotatable bonds is 5. The van der Waals surface area contributed by atoms with Crippen LogP contribution in [0.4, 0.5) is 17.2 Å². The zero-order chi connectivity index (χ0) is 19.5. The van der Waals surface area contributed by atoms with Gasteiger partial charge in [-0.2, -0.15) is 0 Å². The van der Waals surface area contributed by atoms with Gasteiger partial charge in [-0.15, -0.1) is 5.10 Å². The van der Waals surface area contributed by atoms with Crippen LogP contribution in [0.2, 0.25) is 0 Å². The SMILES string of the molecule is Cc1nc(Nc2ccc(NC(=O)c3cn(C)nn3)cc2)cc(-n2ccnc2)n1. The zero-order valence-corrected chi connectivity index (χ0v) is 15.2. The molecule has 0 atom stereocenters. The molecular formula is C18H17N9O. The number of carbonyl (C=O) groups is 1. The van der Waals surface area contributed by atoms with Gasteiger partial charge >= 0.3 is 0 Å². The summed E-state index contributed by atoms with van der Waals surface area (Å²) in [5, 5.41) is 13.6. The first-order chi connectivity index (χ1) is 13.6. The topological polar surface area (TPSA) is 115 Å². The Balaban J connectivity index is 1.47. The summed E-state index contributed by atoms with van der Waals surface area (Å²) in [6.45, 7) is 1.83. The molecule has 2 N–H and O–H groups in total. The predicted octanol–water partition coefficient (Wildman–Crippen LogP) is 2.10. The van der Waals surface area contributed by atoms with Gasteiger partial charge in [0, 0.05) is 36.9 Å². The number of benzene rings is 1. The molecule has 3 heterocycles. The van der Waals surface area contributed by atoms with E-state index in [0.29, 0.717) is 17.3 Å². The Bertz CT molecular complexity index is 1100. The molecule has 1 aromatic carbocycles. The minimum atomic E-state index is -0.315. The van der Waals surface area contributed by atoms with Gasteiger partial charge in [0.1, 0.15) is 23.8 Å². The van der Waals surface area contributed by atoms with Gasteiger partial charge in [0.15, 0.2) is 5.69 Å². The van der Waals surface area contributed by atoms with E-state index in [2.05, 4.69) is 35.9 Å². The molecule has 0 saturated heterocycles. The van der Waals surface area contributed by atoms with Crippen LogP contribution in [0.5, 0.6) is 0 Å². The molecule has 0 fully saturated rings. The molecule has 140 valence electrons. The molecule has 28 heavy (non-hydrogen) atoms. The van der Waals surface area contributed by atoms with E-state index in [1.54, 1.807) is 37.9 Å². The van der Waals surface area contributed by atoms with Crippen LogP contribution in [0.1, 0.15) is 16.3 Å². The minimum absolute atomic E-state index is 0.258. The van der Waals surface area contributed by atoms with Crippen molar-refractivity contribution in [2.75, 3.05) is 10.6 Å². The Morgan fingerprint density at radius 1 is 1.11 bits per heavy atom. The fraction of sp³-hybridized carbons (Fsp3) is 0.111. The van der Waals surface area contributed by atoms with Gasteiger partial charge in [-0.25, -0.2) is 15.0 Å². The lowest BCUT2D eigenvalue weighted by Crippen LogP contribution is -2.12. The molecule has 0 unspecified atom stereocenters. The van der Waals surface area contributed by atoms with E-state index in [9.17, 15) is 4.79 Å². The van der Waals surface area contributed by atoms with Gasteiger partial charge in [-0.05, 0) is 31.2 Å². The van der Waals surface area contributed by atoms with Crippen LogP contribution in [0, 0.1) is 6.92 Å². The number of hydrogen-bond donors (Lipinski definition) is 2. The molecule has 0 aliphatic rings. The third-order valence-electron chi connectivity index (χ3n) is 3.84. The van der Waals surface area contributed by atoms with Crippen LogP contribution < -0.4 is 10.6 Å². The Kier molecular flexibility index (Phi) is 4.50. The summed E-state index contributed by atoms with van der Waals surface area (Å²) in [6.07, 6.45) is 6.75. The van der Waals surface area contributed by atoms with Crippen molar-refractivity contribution < 1.29 is 4.79 Å². The number of aromatic nitrogens is 7. The quantitative estimate of drug-likeness (QED) is 0.549. The molecular weight excluding hydrogens is 358 g/mol. The van der Waals surface area contributed by atoms with E-state index in [4.69, 9.17) is 0 Å². The van der Waals surface area contributed by atoms with Gasteiger partial charge in [-0.1, -0.05) is 5.21 Å². The van der Waals surface area contributed by atoms with Gasteiger partial charge in [0.25, 0.3) is 5.91 Å². The third kappa shape index (κ3) is 3.85. The largest absolute Gasteiger partial charge is 0.340 e. The zero-order valence-electron chi connectivity index (χ0n) is 15.2. The molecule has 10 heteroatoms. The second-order valence-corrected chi connectivity index (χ2v) is 6.06. The number of hydrogen-bond acceptors (Lipinski definition) is 7. The normalized spacial score (nSPS) is 10.6. The van der Waals surface area contributed by atoms with E-state index in [1.165, 1.54) is 4.68 Å². The first-order valence-corrected chi connectivity index (χ1v) is 8.45. The van der Waals surface area contributed by atoms with E-state index in [1.807, 2.05) is 35.9 Å². The standard InChI is InChI=1S/C18H17N9O/c1-12-20-16(9-17(21-12)27-8-7-19-11-27)22-13-3-5-14(6-4-13)23-18(28)15-10-26(2)25-24-15/h3-11H,1-2H3,(H,23,28)(H,20,21,22). The van der Waals surface area contributed by atoms with Gasteiger partial charge in [-0.3, -0.25) is 14.0 Å². The van der Waals surface area contributed by atoms with Crippen LogP contribution in [0.3, 0.4) is 0 Å². The van der Waals surface area contributed by atoms with E-state index >= 15 is 0 Å². The fourth-order valence-electron chi connectivity index (χ4n) is 2.57. The molecule has 0 saturated carbocycles. The smallest absolute Gasteiger partial charge is 0.277 e. The van der Waals surface area contributed by atoms with Crippen LogP contribution in [0.15, 0.2) is 55.2 Å². The lowest BCUT2D eigenvalue weighted by atomic mass is 10.2. The Labute approximate surface area is 160 Å². The number of nitrogens with zero attached hydrogens (tertiary/aromatic N) is 7. The summed E-state index contributed by atoms with van der Waals surface area (Å²) < 4.78 is 3.29. The molecule has 4 aromatic rings. The Hall–Kier alpha value is -4.08. The van der Waals surface area contributed by atoms with E-state index < -0.39 is 0 Å². The fourth-order valence-corrected chi connectivity index (χ4v) is 2.57. The first-order valence-electron chi connectivity index (χ1n) is 8.45. The molecule has 0 radical (unpaired) electrons. The molecule has 3 aromatic heterocycles. The summed E-state index contributed by atoms with van der Waals surface area (Å²) in [4.78, 5) is 25.0. The summed E-state index contributed by atoms with van der Waals surface area (Å²) in [5.41, 5.74) is 1.74. The molecule has 10 nitrogen and oxygen atoms in total. The number of anilines is 3. The van der Waals surface area contributed by atoms with Crippen LogP contribution in [-0.4, -0.2) is 40.4 Å². The number of nitrogens with one attached hydrogen (secondary N) is 2. The highest BCUT2D eigenvalue weighted by Gasteiger charge is 2.10. The van der Waals surface area contributed by atoms with Crippen molar-refractivity contribution in [1.82, 2.24) is 34.5 Å². The van der Waals surface area contributed by atoms with Gasteiger partial charge in [0.05, 0.1) is 6.20 Å². The van der Waals surface area contributed by atoms with Crippen LogP contribution in [0.25, 0.3) is 5.82 Å². The van der Waals surface area contributed by atoms with Crippen molar-refractivity contribution in [3.63, 3.8) is 0 Å². The van der Waals surface area contributed by atoms with Crippen molar-refractivity contribution in [1.29, 1.82) is 0 Å². The van der Waals surface area contributed by atoms with Crippen LogP contribution >= 0.6 is 0 Å². The van der Waals surface area contributed by atoms with E-state index in [-0.39, 0.29) is 11.6 Å². The highest BCUT2D eigenvalue weighted by Crippen LogP contribution is 2.19. The number of amides is 1. The second-order valence-electron chi connectivity index (χ2n) is 6.06. The molecule has 0 aliphatic carbocycles. The highest BCUT2D eigenvalue weighted by molar-refractivity contribution is 6.02. The predicted molar refractivity (Wildman–Crippen MR) is 103 cm³/mol. The van der Waals surface area contributed by atoms with Crippen molar-refractivity contribution in [3.05, 3.63) is 66.8 Å². The first kappa shape index (κ1) is 17.3. The lowest BCUT2D eigenvalue weighted by Gasteiger charge is -2.10. The summed E-state index contributed by atoms with van der Waals surface area (Å²) >= 11 is 0. The van der Waals surface area contributed by atoms with Gasteiger partial charge in [0.2, 0.25) is 0 Å². The lowest BCUT2D eigenvalue weighted by molar-refractivity contribution is 0.102. The van der Waals surface area contributed by atoms with Crippen molar-refractivity contribution in [3.8, 4) is 5.82 Å². The maximum Gasteiger partial charge on any atom is 0.277 e. The maximum atomic E-state index is 12.1. The summed E-state index contributed by atoms with van der Waals surface area (Å²) in [7, 11) is 1.71.